The molecule has 0 radical (unpaired) electrons. The summed E-state index contributed by atoms with van der Waals surface area (Å²) in [7, 11) is 1.32. The zero-order valence-electron chi connectivity index (χ0n) is 15.8. The molecule has 144 valence electrons. The second kappa shape index (κ2) is 7.98. The van der Waals surface area contributed by atoms with Crippen molar-refractivity contribution in [3.05, 3.63) is 95.7 Å². The van der Waals surface area contributed by atoms with Gasteiger partial charge in [-0.15, -0.1) is 0 Å². The number of nitrogens with one attached hydrogen (secondary N) is 1. The fourth-order valence-corrected chi connectivity index (χ4v) is 3.19. The molecule has 1 N–H and O–H groups in total. The van der Waals surface area contributed by atoms with Crippen LogP contribution >= 0.6 is 0 Å². The number of anilines is 1. The number of rotatable bonds is 5. The summed E-state index contributed by atoms with van der Waals surface area (Å²) in [5.74, 6) is -0.270. The zero-order chi connectivity index (χ0) is 20.2. The molecule has 29 heavy (non-hydrogen) atoms. The Morgan fingerprint density at radius 1 is 0.931 bits per heavy atom. The van der Waals surface area contributed by atoms with Gasteiger partial charge in [0.05, 0.1) is 19.2 Å². The molecule has 0 bridgehead atoms. The smallest absolute Gasteiger partial charge is 0.337 e. The summed E-state index contributed by atoms with van der Waals surface area (Å²) < 4.78 is 6.45. The van der Waals surface area contributed by atoms with Gasteiger partial charge >= 0.3 is 5.97 Å². The average Bonchev–Trinajstić information content (AvgIpc) is 3.20. The van der Waals surface area contributed by atoms with E-state index in [-0.39, 0.29) is 5.91 Å². The molecule has 6 nitrogen and oxygen atoms in total. The van der Waals surface area contributed by atoms with E-state index in [2.05, 4.69) is 39.4 Å². The fourth-order valence-electron chi connectivity index (χ4n) is 3.19. The van der Waals surface area contributed by atoms with Crippen molar-refractivity contribution in [3.8, 4) is 0 Å². The first-order chi connectivity index (χ1) is 14.1. The molecular formula is C23H19N3O3. The molecule has 0 saturated carbocycles. The molecule has 3 aromatic carbocycles. The predicted molar refractivity (Wildman–Crippen MR) is 111 cm³/mol. The van der Waals surface area contributed by atoms with Crippen molar-refractivity contribution >= 4 is 28.5 Å². The van der Waals surface area contributed by atoms with Gasteiger partial charge in [0, 0.05) is 17.8 Å². The molecule has 0 aliphatic carbocycles. The van der Waals surface area contributed by atoms with E-state index in [1.807, 2.05) is 24.4 Å². The number of aromatic nitrogens is 2. The van der Waals surface area contributed by atoms with Crippen molar-refractivity contribution in [3.63, 3.8) is 0 Å². The number of nitrogens with zero attached hydrogens (tertiary/aromatic N) is 2. The molecule has 0 aliphatic rings. The third kappa shape index (κ3) is 4.01. The van der Waals surface area contributed by atoms with E-state index in [1.54, 1.807) is 35.0 Å². The van der Waals surface area contributed by atoms with Crippen molar-refractivity contribution in [2.24, 2.45) is 0 Å². The Morgan fingerprint density at radius 3 is 2.45 bits per heavy atom. The molecule has 1 aromatic heterocycles. The predicted octanol–water partition coefficient (Wildman–Crippen LogP) is 4.12. The third-order valence-corrected chi connectivity index (χ3v) is 4.66. The van der Waals surface area contributed by atoms with E-state index < -0.39 is 5.97 Å². The lowest BCUT2D eigenvalue weighted by atomic mass is 10.0. The van der Waals surface area contributed by atoms with Crippen LogP contribution < -0.4 is 5.32 Å². The quantitative estimate of drug-likeness (QED) is 0.525. The zero-order valence-corrected chi connectivity index (χ0v) is 15.8. The van der Waals surface area contributed by atoms with Crippen LogP contribution in [0.3, 0.4) is 0 Å². The number of fused-ring (bicyclic) bond motifs is 1. The molecule has 0 unspecified atom stereocenters. The molecule has 0 fully saturated rings. The SMILES string of the molecule is COC(=O)c1ccc(C(=O)Nc2ccn(Cc3cccc4ccccc34)n2)cc1. The minimum absolute atomic E-state index is 0.295. The lowest BCUT2D eigenvalue weighted by Gasteiger charge is -2.07. The molecule has 4 aromatic rings. The summed E-state index contributed by atoms with van der Waals surface area (Å²) in [5, 5.41) is 9.59. The van der Waals surface area contributed by atoms with Crippen LogP contribution in [0.1, 0.15) is 26.3 Å². The molecule has 0 saturated heterocycles. The Morgan fingerprint density at radius 2 is 1.66 bits per heavy atom. The Labute approximate surface area is 167 Å². The number of methoxy groups -OCH3 is 1. The van der Waals surface area contributed by atoms with Crippen molar-refractivity contribution in [2.45, 2.75) is 6.54 Å². The average molecular weight is 385 g/mol. The molecule has 1 amide bonds. The molecule has 6 heteroatoms. The minimum atomic E-state index is -0.441. The van der Waals surface area contributed by atoms with Crippen LogP contribution in [0.25, 0.3) is 10.8 Å². The Hall–Kier alpha value is -3.93. The van der Waals surface area contributed by atoms with Crippen LogP contribution in [-0.4, -0.2) is 28.8 Å². The van der Waals surface area contributed by atoms with Gasteiger partial charge in [-0.2, -0.15) is 5.10 Å². The van der Waals surface area contributed by atoms with Crippen LogP contribution in [0.4, 0.5) is 5.82 Å². The van der Waals surface area contributed by atoms with Gasteiger partial charge in [-0.05, 0) is 40.6 Å². The summed E-state index contributed by atoms with van der Waals surface area (Å²) >= 11 is 0. The van der Waals surface area contributed by atoms with Crippen molar-refractivity contribution in [1.29, 1.82) is 0 Å². The number of benzene rings is 3. The largest absolute Gasteiger partial charge is 0.465 e. The number of esters is 1. The Bertz CT molecular complexity index is 1170. The van der Waals surface area contributed by atoms with Crippen LogP contribution in [0, 0.1) is 0 Å². The van der Waals surface area contributed by atoms with Gasteiger partial charge in [-0.25, -0.2) is 4.79 Å². The first-order valence-corrected chi connectivity index (χ1v) is 9.14. The van der Waals surface area contributed by atoms with Crippen LogP contribution in [0.5, 0.6) is 0 Å². The molecular weight excluding hydrogens is 366 g/mol. The number of amides is 1. The van der Waals surface area contributed by atoms with E-state index in [9.17, 15) is 9.59 Å². The number of hydrogen-bond donors (Lipinski definition) is 1. The van der Waals surface area contributed by atoms with Gasteiger partial charge in [-0.3, -0.25) is 9.48 Å². The minimum Gasteiger partial charge on any atom is -0.465 e. The highest BCUT2D eigenvalue weighted by molar-refractivity contribution is 6.04. The highest BCUT2D eigenvalue weighted by Gasteiger charge is 2.11. The molecule has 0 aliphatic heterocycles. The summed E-state index contributed by atoms with van der Waals surface area (Å²) in [6, 6.07) is 22.4. The number of ether oxygens (including phenoxy) is 1. The Balaban J connectivity index is 1.46. The highest BCUT2D eigenvalue weighted by atomic mass is 16.5. The highest BCUT2D eigenvalue weighted by Crippen LogP contribution is 2.19. The summed E-state index contributed by atoms with van der Waals surface area (Å²) in [6.45, 7) is 0.602. The summed E-state index contributed by atoms with van der Waals surface area (Å²) in [6.07, 6.45) is 1.83. The monoisotopic (exact) mass is 385 g/mol. The maximum atomic E-state index is 12.4. The number of hydrogen-bond acceptors (Lipinski definition) is 4. The molecule has 0 atom stereocenters. The fraction of sp³-hybridized carbons (Fsp3) is 0.0870. The molecule has 0 spiro atoms. The summed E-state index contributed by atoms with van der Waals surface area (Å²) in [5.41, 5.74) is 1.98. The van der Waals surface area contributed by atoms with Gasteiger partial charge in [0.15, 0.2) is 5.82 Å². The van der Waals surface area contributed by atoms with Gasteiger partial charge in [-0.1, -0.05) is 42.5 Å². The second-order valence-corrected chi connectivity index (χ2v) is 6.56. The first kappa shape index (κ1) is 18.4. The maximum absolute atomic E-state index is 12.4. The molecule has 1 heterocycles. The van der Waals surface area contributed by atoms with E-state index in [1.165, 1.54) is 17.9 Å². The maximum Gasteiger partial charge on any atom is 0.337 e. The normalized spacial score (nSPS) is 10.7. The lowest BCUT2D eigenvalue weighted by Crippen LogP contribution is -2.13. The van der Waals surface area contributed by atoms with Gasteiger partial charge < -0.3 is 10.1 Å². The van der Waals surface area contributed by atoms with E-state index in [0.717, 1.165) is 5.56 Å². The van der Waals surface area contributed by atoms with Gasteiger partial charge in [0.1, 0.15) is 0 Å². The summed E-state index contributed by atoms with van der Waals surface area (Å²) in [4.78, 5) is 23.9. The first-order valence-electron chi connectivity index (χ1n) is 9.14. The van der Waals surface area contributed by atoms with Gasteiger partial charge in [0.2, 0.25) is 0 Å². The Kier molecular flexibility index (Phi) is 5.07. The number of carbonyl (C=O) groups is 2. The lowest BCUT2D eigenvalue weighted by molar-refractivity contribution is 0.0600. The van der Waals surface area contributed by atoms with E-state index in [0.29, 0.717) is 23.5 Å². The second-order valence-electron chi connectivity index (χ2n) is 6.56. The van der Waals surface area contributed by atoms with Crippen LogP contribution in [0.2, 0.25) is 0 Å². The van der Waals surface area contributed by atoms with Crippen molar-refractivity contribution in [2.75, 3.05) is 12.4 Å². The van der Waals surface area contributed by atoms with Gasteiger partial charge in [0.25, 0.3) is 5.91 Å². The van der Waals surface area contributed by atoms with E-state index >= 15 is 0 Å². The molecule has 4 rings (SSSR count). The van der Waals surface area contributed by atoms with E-state index in [4.69, 9.17) is 0 Å². The third-order valence-electron chi connectivity index (χ3n) is 4.66. The van der Waals surface area contributed by atoms with Crippen molar-refractivity contribution in [1.82, 2.24) is 9.78 Å². The van der Waals surface area contributed by atoms with Crippen molar-refractivity contribution < 1.29 is 14.3 Å². The topological polar surface area (TPSA) is 73.2 Å². The standard InChI is InChI=1S/C23H19N3O3/c1-29-23(28)18-11-9-17(10-12-18)22(27)24-21-13-14-26(25-21)15-19-7-4-6-16-5-2-3-8-20(16)19/h2-14H,15H2,1H3,(H,24,25,27). The van der Waals surface area contributed by atoms with Crippen LogP contribution in [-0.2, 0) is 11.3 Å². The number of carbonyl (C=O) groups excluding carboxylic acids is 2. The van der Waals surface area contributed by atoms with Crippen LogP contribution in [0.15, 0.2) is 79.0 Å².